The third kappa shape index (κ3) is 3.38. The van der Waals surface area contributed by atoms with E-state index in [-0.39, 0.29) is 11.9 Å². The van der Waals surface area contributed by atoms with Crippen LogP contribution in [0.25, 0.3) is 0 Å². The molecule has 2 rings (SSSR count). The fourth-order valence-corrected chi connectivity index (χ4v) is 2.98. The van der Waals surface area contributed by atoms with E-state index < -0.39 is 0 Å². The zero-order chi connectivity index (χ0) is 13.7. The van der Waals surface area contributed by atoms with Crippen molar-refractivity contribution in [1.29, 1.82) is 0 Å². The molecule has 1 aromatic rings. The molecule has 1 amide bonds. The largest absolute Gasteiger partial charge is 0.348 e. The minimum absolute atomic E-state index is 0.0452. The summed E-state index contributed by atoms with van der Waals surface area (Å²) in [6.45, 7) is 3.68. The van der Waals surface area contributed by atoms with Crippen LogP contribution in [-0.4, -0.2) is 23.1 Å². The van der Waals surface area contributed by atoms with Crippen molar-refractivity contribution in [2.24, 2.45) is 11.7 Å². The molecule has 4 heteroatoms. The summed E-state index contributed by atoms with van der Waals surface area (Å²) in [4.78, 5) is 12.4. The van der Waals surface area contributed by atoms with Crippen LogP contribution >= 0.6 is 0 Å². The maximum atomic E-state index is 12.4. The number of carbonyl (C=O) groups is 1. The molecule has 1 aliphatic carbocycles. The number of nitrogens with zero attached hydrogens (tertiary/aromatic N) is 1. The molecule has 0 aliphatic heterocycles. The fraction of sp³-hybridized carbons (Fsp3) is 0.667. The molecule has 1 aromatic heterocycles. The van der Waals surface area contributed by atoms with E-state index >= 15 is 0 Å². The van der Waals surface area contributed by atoms with Crippen LogP contribution in [0, 0.1) is 5.92 Å². The number of nitrogens with one attached hydrogen (secondary N) is 1. The van der Waals surface area contributed by atoms with Gasteiger partial charge in [0.15, 0.2) is 0 Å². The Morgan fingerprint density at radius 1 is 1.47 bits per heavy atom. The number of carbonyl (C=O) groups excluding carboxylic acids is 1. The van der Waals surface area contributed by atoms with Crippen molar-refractivity contribution in [3.8, 4) is 0 Å². The van der Waals surface area contributed by atoms with Crippen LogP contribution in [0.5, 0.6) is 0 Å². The number of rotatable bonds is 5. The SMILES string of the molecule is CCCn1cccc1C(=O)NC1CCCCC1CN. The van der Waals surface area contributed by atoms with E-state index in [1.807, 2.05) is 22.9 Å². The number of amides is 1. The molecule has 19 heavy (non-hydrogen) atoms. The Bertz CT molecular complexity index is 413. The summed E-state index contributed by atoms with van der Waals surface area (Å²) in [7, 11) is 0. The van der Waals surface area contributed by atoms with Gasteiger partial charge in [-0.15, -0.1) is 0 Å². The van der Waals surface area contributed by atoms with E-state index in [9.17, 15) is 4.79 Å². The highest BCUT2D eigenvalue weighted by molar-refractivity contribution is 5.93. The smallest absolute Gasteiger partial charge is 0.268 e. The molecular formula is C15H25N3O. The van der Waals surface area contributed by atoms with Crippen molar-refractivity contribution < 1.29 is 4.79 Å². The summed E-state index contributed by atoms with van der Waals surface area (Å²) >= 11 is 0. The summed E-state index contributed by atoms with van der Waals surface area (Å²) in [6, 6.07) is 4.08. The van der Waals surface area contributed by atoms with Crippen LogP contribution in [0.2, 0.25) is 0 Å². The number of nitrogens with two attached hydrogens (primary N) is 1. The van der Waals surface area contributed by atoms with Gasteiger partial charge >= 0.3 is 0 Å². The molecule has 0 bridgehead atoms. The molecule has 1 heterocycles. The fourth-order valence-electron chi connectivity index (χ4n) is 2.98. The Labute approximate surface area is 115 Å². The minimum Gasteiger partial charge on any atom is -0.348 e. The van der Waals surface area contributed by atoms with Crippen molar-refractivity contribution >= 4 is 5.91 Å². The maximum absolute atomic E-state index is 12.4. The molecule has 1 fully saturated rings. The second kappa shape index (κ2) is 6.75. The molecule has 2 unspecified atom stereocenters. The van der Waals surface area contributed by atoms with Crippen LogP contribution in [0.3, 0.4) is 0 Å². The average molecular weight is 263 g/mol. The molecule has 2 atom stereocenters. The van der Waals surface area contributed by atoms with E-state index in [0.717, 1.165) is 31.5 Å². The van der Waals surface area contributed by atoms with Crippen molar-refractivity contribution in [2.45, 2.75) is 51.6 Å². The first-order chi connectivity index (χ1) is 9.26. The zero-order valence-electron chi connectivity index (χ0n) is 11.8. The van der Waals surface area contributed by atoms with Gasteiger partial charge in [-0.25, -0.2) is 0 Å². The van der Waals surface area contributed by atoms with Gasteiger partial charge in [0, 0.05) is 18.8 Å². The monoisotopic (exact) mass is 263 g/mol. The van der Waals surface area contributed by atoms with Gasteiger partial charge in [0.25, 0.3) is 5.91 Å². The van der Waals surface area contributed by atoms with Gasteiger partial charge in [-0.3, -0.25) is 4.79 Å². The highest BCUT2D eigenvalue weighted by atomic mass is 16.2. The average Bonchev–Trinajstić information content (AvgIpc) is 2.88. The quantitative estimate of drug-likeness (QED) is 0.855. The van der Waals surface area contributed by atoms with Gasteiger partial charge in [-0.1, -0.05) is 19.8 Å². The van der Waals surface area contributed by atoms with Gasteiger partial charge in [0.05, 0.1) is 0 Å². The van der Waals surface area contributed by atoms with Crippen molar-refractivity contribution in [1.82, 2.24) is 9.88 Å². The molecule has 1 aliphatic rings. The maximum Gasteiger partial charge on any atom is 0.268 e. The van der Waals surface area contributed by atoms with Crippen LogP contribution in [-0.2, 0) is 6.54 Å². The number of aryl methyl sites for hydroxylation is 1. The minimum atomic E-state index is 0.0452. The Kier molecular flexibility index (Phi) is 5.02. The van der Waals surface area contributed by atoms with Crippen molar-refractivity contribution in [3.63, 3.8) is 0 Å². The standard InChI is InChI=1S/C15H25N3O/c1-2-9-18-10-5-8-14(18)15(19)17-13-7-4-3-6-12(13)11-16/h5,8,10,12-13H,2-4,6-7,9,11,16H2,1H3,(H,17,19). The molecule has 0 radical (unpaired) electrons. The summed E-state index contributed by atoms with van der Waals surface area (Å²) in [5.41, 5.74) is 6.58. The highest BCUT2D eigenvalue weighted by Crippen LogP contribution is 2.23. The predicted molar refractivity (Wildman–Crippen MR) is 77.0 cm³/mol. The molecule has 1 saturated carbocycles. The third-order valence-electron chi connectivity index (χ3n) is 4.06. The lowest BCUT2D eigenvalue weighted by Crippen LogP contribution is -2.45. The van der Waals surface area contributed by atoms with Crippen LogP contribution in [0.4, 0.5) is 0 Å². The summed E-state index contributed by atoms with van der Waals surface area (Å²) in [5, 5.41) is 3.18. The summed E-state index contributed by atoms with van der Waals surface area (Å²) < 4.78 is 2.02. The molecule has 0 spiro atoms. The first-order valence-corrected chi connectivity index (χ1v) is 7.42. The van der Waals surface area contributed by atoms with E-state index in [1.54, 1.807) is 0 Å². The molecule has 3 N–H and O–H groups in total. The van der Waals surface area contributed by atoms with Crippen molar-refractivity contribution in [3.05, 3.63) is 24.0 Å². The van der Waals surface area contributed by atoms with Gasteiger partial charge in [-0.2, -0.15) is 0 Å². The van der Waals surface area contributed by atoms with Gasteiger partial charge in [0.2, 0.25) is 0 Å². The van der Waals surface area contributed by atoms with Crippen LogP contribution in [0.1, 0.15) is 49.5 Å². The Balaban J connectivity index is 2.01. The number of hydrogen-bond donors (Lipinski definition) is 2. The van der Waals surface area contributed by atoms with Crippen LogP contribution in [0.15, 0.2) is 18.3 Å². The lowest BCUT2D eigenvalue weighted by Gasteiger charge is -2.31. The first kappa shape index (κ1) is 14.1. The van der Waals surface area contributed by atoms with Crippen molar-refractivity contribution in [2.75, 3.05) is 6.54 Å². The van der Waals surface area contributed by atoms with E-state index in [1.165, 1.54) is 12.8 Å². The third-order valence-corrected chi connectivity index (χ3v) is 4.06. The zero-order valence-corrected chi connectivity index (χ0v) is 11.8. The van der Waals surface area contributed by atoms with E-state index in [0.29, 0.717) is 12.5 Å². The predicted octanol–water partition coefficient (Wildman–Crippen LogP) is 2.15. The summed E-state index contributed by atoms with van der Waals surface area (Å²) in [6.07, 6.45) is 7.63. The Morgan fingerprint density at radius 3 is 3.00 bits per heavy atom. The van der Waals surface area contributed by atoms with Gasteiger partial charge < -0.3 is 15.6 Å². The topological polar surface area (TPSA) is 60.0 Å². The number of hydrogen-bond acceptors (Lipinski definition) is 2. The molecular weight excluding hydrogens is 238 g/mol. The van der Waals surface area contributed by atoms with Gasteiger partial charge in [0.1, 0.15) is 5.69 Å². The molecule has 4 nitrogen and oxygen atoms in total. The molecule has 106 valence electrons. The number of aromatic nitrogens is 1. The second-order valence-corrected chi connectivity index (χ2v) is 5.45. The lowest BCUT2D eigenvalue weighted by atomic mass is 9.84. The lowest BCUT2D eigenvalue weighted by molar-refractivity contribution is 0.0898. The normalized spacial score (nSPS) is 23.3. The highest BCUT2D eigenvalue weighted by Gasteiger charge is 2.26. The van der Waals surface area contributed by atoms with E-state index in [4.69, 9.17) is 5.73 Å². The van der Waals surface area contributed by atoms with E-state index in [2.05, 4.69) is 12.2 Å². The van der Waals surface area contributed by atoms with Gasteiger partial charge in [-0.05, 0) is 43.9 Å². The van der Waals surface area contributed by atoms with Crippen LogP contribution < -0.4 is 11.1 Å². The first-order valence-electron chi connectivity index (χ1n) is 7.42. The molecule has 0 saturated heterocycles. The summed E-state index contributed by atoms with van der Waals surface area (Å²) in [5.74, 6) is 0.482. The Hall–Kier alpha value is -1.29. The second-order valence-electron chi connectivity index (χ2n) is 5.45. The Morgan fingerprint density at radius 2 is 2.26 bits per heavy atom. The molecule has 0 aromatic carbocycles.